The van der Waals surface area contributed by atoms with Crippen LogP contribution in [0, 0.1) is 0 Å². The molecule has 0 bridgehead atoms. The molecule has 27 heavy (non-hydrogen) atoms. The molecule has 0 amide bonds. The molecule has 0 N–H and O–H groups in total. The van der Waals surface area contributed by atoms with E-state index < -0.39 is 38.7 Å². The molecule has 0 unspecified atom stereocenters. The van der Waals surface area contributed by atoms with Crippen molar-refractivity contribution in [2.75, 3.05) is 14.2 Å². The zero-order valence-electron chi connectivity index (χ0n) is 20.6. The Kier molecular flexibility index (Phi) is 11.4. The molecule has 0 aliphatic rings. The molecule has 0 spiro atoms. The van der Waals surface area contributed by atoms with Crippen molar-refractivity contribution in [3.05, 3.63) is 0 Å². The SMILES string of the molecule is C[O][Zr]([O]C)([O][Si](C(C)C)(C(C)C)C(C)C)[O][Si](C(C)C)(C(C)C)C(C)C. The van der Waals surface area contributed by atoms with E-state index in [1.165, 1.54) is 0 Å². The summed E-state index contributed by atoms with van der Waals surface area (Å²) in [5, 5.41) is 0. The molecule has 7 heteroatoms. The third-order valence-corrected chi connectivity index (χ3v) is 29.9. The van der Waals surface area contributed by atoms with Gasteiger partial charge in [-0.1, -0.05) is 0 Å². The van der Waals surface area contributed by atoms with Gasteiger partial charge in [0, 0.05) is 0 Å². The predicted molar refractivity (Wildman–Crippen MR) is 118 cm³/mol. The van der Waals surface area contributed by atoms with E-state index in [2.05, 4.69) is 83.1 Å². The van der Waals surface area contributed by atoms with Crippen LogP contribution in [0.5, 0.6) is 0 Å². The van der Waals surface area contributed by atoms with Gasteiger partial charge in [0.25, 0.3) is 0 Å². The molecule has 0 aliphatic heterocycles. The van der Waals surface area contributed by atoms with Gasteiger partial charge in [0.05, 0.1) is 0 Å². The molecule has 0 aliphatic carbocycles. The number of rotatable bonds is 12. The monoisotopic (exact) mass is 498 g/mol. The third-order valence-electron chi connectivity index (χ3n) is 6.52. The number of hydrogen-bond acceptors (Lipinski definition) is 4. The van der Waals surface area contributed by atoms with E-state index in [1.54, 1.807) is 14.2 Å². The van der Waals surface area contributed by atoms with Gasteiger partial charge in [-0.3, -0.25) is 0 Å². The molecule has 0 aromatic heterocycles. The van der Waals surface area contributed by atoms with E-state index >= 15 is 0 Å². The van der Waals surface area contributed by atoms with E-state index in [0.29, 0.717) is 33.2 Å². The summed E-state index contributed by atoms with van der Waals surface area (Å²) in [6.07, 6.45) is 0. The fourth-order valence-corrected chi connectivity index (χ4v) is 36.8. The standard InChI is InChI=1S/2C9H21OSi.2CH3O.Zr/c2*1-7(2)11(10,8(3)4)9(5)6;2*1-2;/h2*7-9H,1-6H3;2*1H3;/q4*-1;+4. The summed E-state index contributed by atoms with van der Waals surface area (Å²) in [6.45, 7) is 27.6. The molecule has 4 nitrogen and oxygen atoms in total. The maximum absolute atomic E-state index is 7.13. The van der Waals surface area contributed by atoms with E-state index in [-0.39, 0.29) is 0 Å². The van der Waals surface area contributed by atoms with E-state index in [1.807, 2.05) is 0 Å². The topological polar surface area (TPSA) is 36.9 Å². The average Bonchev–Trinajstić information content (AvgIpc) is 2.53. The minimum absolute atomic E-state index is 0.468. The van der Waals surface area contributed by atoms with Gasteiger partial charge < -0.3 is 0 Å². The summed E-state index contributed by atoms with van der Waals surface area (Å²) in [5.74, 6) is 0. The molecular weight excluding hydrogens is 452 g/mol. The van der Waals surface area contributed by atoms with Gasteiger partial charge in [0.2, 0.25) is 0 Å². The Labute approximate surface area is 179 Å². The van der Waals surface area contributed by atoms with E-state index in [4.69, 9.17) is 10.6 Å². The summed E-state index contributed by atoms with van der Waals surface area (Å²) in [4.78, 5) is 0. The maximum atomic E-state index is 7.13. The molecule has 0 aromatic carbocycles. The van der Waals surface area contributed by atoms with Gasteiger partial charge in [-0.2, -0.15) is 0 Å². The van der Waals surface area contributed by atoms with Gasteiger partial charge in [-0.15, -0.1) is 0 Å². The Morgan fingerprint density at radius 3 is 0.741 bits per heavy atom. The van der Waals surface area contributed by atoms with Gasteiger partial charge in [-0.05, 0) is 0 Å². The van der Waals surface area contributed by atoms with Crippen LogP contribution in [0.3, 0.4) is 0 Å². The van der Waals surface area contributed by atoms with Crippen LogP contribution in [0.15, 0.2) is 0 Å². The fourth-order valence-electron chi connectivity index (χ4n) is 5.41. The van der Waals surface area contributed by atoms with Crippen LogP contribution < -0.4 is 0 Å². The summed E-state index contributed by atoms with van der Waals surface area (Å²) in [5.41, 5.74) is 2.81. The molecule has 0 fully saturated rings. The molecule has 164 valence electrons. The first-order chi connectivity index (χ1) is 12.2. The van der Waals surface area contributed by atoms with E-state index in [9.17, 15) is 0 Å². The predicted octanol–water partition coefficient (Wildman–Crippen LogP) is 7.48. The van der Waals surface area contributed by atoms with Crippen LogP contribution in [0.4, 0.5) is 0 Å². The average molecular weight is 500 g/mol. The fraction of sp³-hybridized carbons (Fsp3) is 1.00. The molecule has 0 aromatic rings. The van der Waals surface area contributed by atoms with Crippen LogP contribution in [0.2, 0.25) is 33.2 Å². The summed E-state index contributed by atoms with van der Waals surface area (Å²) in [7, 11) is -0.865. The van der Waals surface area contributed by atoms with Gasteiger partial charge in [-0.25, -0.2) is 0 Å². The minimum atomic E-state index is -4.21. The Bertz CT molecular complexity index is 356. The summed E-state index contributed by atoms with van der Waals surface area (Å²) < 4.78 is 26.5. The van der Waals surface area contributed by atoms with E-state index in [0.717, 1.165) is 0 Å². The van der Waals surface area contributed by atoms with Crippen molar-refractivity contribution < 1.29 is 32.7 Å². The van der Waals surface area contributed by atoms with Gasteiger partial charge >= 0.3 is 180 Å². The second kappa shape index (κ2) is 11.0. The van der Waals surface area contributed by atoms with Crippen LogP contribution >= 0.6 is 0 Å². The second-order valence-electron chi connectivity index (χ2n) is 9.75. The quantitative estimate of drug-likeness (QED) is 0.261. The summed E-state index contributed by atoms with van der Waals surface area (Å²) in [6, 6.07) is 0. The first kappa shape index (κ1) is 28.2. The van der Waals surface area contributed by atoms with Crippen LogP contribution in [0.1, 0.15) is 83.1 Å². The molecule has 0 saturated heterocycles. The van der Waals surface area contributed by atoms with Gasteiger partial charge in [0.15, 0.2) is 0 Å². The Hall–Kier alpha value is 1.16. The normalized spacial score (nSPS) is 14.7. The molecule has 0 radical (unpaired) electrons. The van der Waals surface area contributed by atoms with Crippen molar-refractivity contribution in [3.63, 3.8) is 0 Å². The first-order valence-electron chi connectivity index (χ1n) is 10.7. The molecule has 0 heterocycles. The van der Waals surface area contributed by atoms with Crippen LogP contribution in [0.25, 0.3) is 0 Å². The van der Waals surface area contributed by atoms with Crippen molar-refractivity contribution in [2.45, 2.75) is 116 Å². The van der Waals surface area contributed by atoms with Crippen molar-refractivity contribution >= 4 is 16.6 Å². The zero-order chi connectivity index (χ0) is 21.8. The molecule has 0 rings (SSSR count). The first-order valence-corrected chi connectivity index (χ1v) is 19.0. The number of hydrogen-bond donors (Lipinski definition) is 0. The van der Waals surface area contributed by atoms with Crippen molar-refractivity contribution in [1.82, 2.24) is 0 Å². The van der Waals surface area contributed by atoms with Crippen LogP contribution in [-0.4, -0.2) is 30.9 Å². The van der Waals surface area contributed by atoms with Crippen molar-refractivity contribution in [3.8, 4) is 0 Å². The Balaban J connectivity index is 6.39. The second-order valence-corrected chi connectivity index (χ2v) is 28.0. The zero-order valence-corrected chi connectivity index (χ0v) is 25.1. The molecule has 0 atom stereocenters. The Morgan fingerprint density at radius 2 is 0.630 bits per heavy atom. The van der Waals surface area contributed by atoms with Crippen LogP contribution in [-0.2, 0) is 32.7 Å². The molecular formula is C20H48O4Si2Zr. The third kappa shape index (κ3) is 5.65. The summed E-state index contributed by atoms with van der Waals surface area (Å²) >= 11 is -4.21. The van der Waals surface area contributed by atoms with Gasteiger partial charge in [0.1, 0.15) is 0 Å². The van der Waals surface area contributed by atoms with Crippen molar-refractivity contribution in [1.29, 1.82) is 0 Å². The molecule has 0 saturated carbocycles. The van der Waals surface area contributed by atoms with Crippen molar-refractivity contribution in [2.24, 2.45) is 0 Å². The Morgan fingerprint density at radius 1 is 0.444 bits per heavy atom.